The number of piperazine rings is 1. The first kappa shape index (κ1) is 26.0. The Balaban J connectivity index is 0.00000148. The zero-order chi connectivity index (χ0) is 26.0. The van der Waals surface area contributed by atoms with E-state index in [0.29, 0.717) is 18.2 Å². The zero-order valence-corrected chi connectivity index (χ0v) is 22.6. The second-order valence-electron chi connectivity index (χ2n) is 9.99. The smallest absolute Gasteiger partial charge is 0.228 e. The summed E-state index contributed by atoms with van der Waals surface area (Å²) in [6.45, 7) is 16.2. The summed E-state index contributed by atoms with van der Waals surface area (Å²) in [5, 5.41) is 22.2. The molecule has 3 aromatic heterocycles. The minimum absolute atomic E-state index is 0.260. The number of aromatic nitrogens is 5. The van der Waals surface area contributed by atoms with Gasteiger partial charge in [-0.3, -0.25) is 4.68 Å². The summed E-state index contributed by atoms with van der Waals surface area (Å²) in [5.74, 6) is 1.47. The van der Waals surface area contributed by atoms with Crippen LogP contribution in [0.15, 0.2) is 24.5 Å². The van der Waals surface area contributed by atoms with E-state index < -0.39 is 11.5 Å². The fourth-order valence-corrected chi connectivity index (χ4v) is 5.15. The van der Waals surface area contributed by atoms with Crippen molar-refractivity contribution in [1.82, 2.24) is 30.0 Å². The predicted octanol–water partition coefficient (Wildman–Crippen LogP) is 3.77. The topological polar surface area (TPSA) is 104 Å². The fourth-order valence-electron chi connectivity index (χ4n) is 5.15. The average Bonchev–Trinajstić information content (AvgIpc) is 3.25. The molecule has 2 unspecified atom stereocenters. The van der Waals surface area contributed by atoms with Crippen LogP contribution in [0.25, 0.3) is 11.3 Å². The van der Waals surface area contributed by atoms with Gasteiger partial charge in [-0.25, -0.2) is 15.0 Å². The van der Waals surface area contributed by atoms with Crippen molar-refractivity contribution in [3.63, 3.8) is 0 Å². The Morgan fingerprint density at radius 2 is 1.81 bits per heavy atom. The van der Waals surface area contributed by atoms with Gasteiger partial charge in [-0.05, 0) is 37.0 Å². The van der Waals surface area contributed by atoms with E-state index in [4.69, 9.17) is 10.1 Å². The summed E-state index contributed by atoms with van der Waals surface area (Å²) in [5.41, 5.74) is 5.59. The van der Waals surface area contributed by atoms with Gasteiger partial charge in [0, 0.05) is 50.4 Å². The number of aryl methyl sites for hydroxylation is 1. The first-order chi connectivity index (χ1) is 17.3. The minimum Gasteiger partial charge on any atom is -0.392 e. The minimum atomic E-state index is -0.550. The van der Waals surface area contributed by atoms with Gasteiger partial charge in [0.2, 0.25) is 5.95 Å². The molecule has 9 heteroatoms. The Labute approximate surface area is 214 Å². The first-order valence-electron chi connectivity index (χ1n) is 13.1. The molecule has 3 N–H and O–H groups in total. The van der Waals surface area contributed by atoms with Crippen LogP contribution in [0, 0.1) is 0 Å². The van der Waals surface area contributed by atoms with Crippen molar-refractivity contribution >= 4 is 17.5 Å². The Kier molecular flexibility index (Phi) is 7.61. The maximum Gasteiger partial charge on any atom is 0.228 e. The lowest BCUT2D eigenvalue weighted by molar-refractivity contribution is 0.103. The number of nitrogens with one attached hydrogen (secondary N) is 2. The monoisotopic (exact) mass is 492 g/mol. The number of nitrogens with zero attached hydrogens (tertiary/aromatic N) is 6. The predicted molar refractivity (Wildman–Crippen MR) is 145 cm³/mol. The molecule has 4 heterocycles. The normalized spacial score (nSPS) is 19.8. The van der Waals surface area contributed by atoms with E-state index in [9.17, 15) is 5.11 Å². The quantitative estimate of drug-likeness (QED) is 0.495. The third kappa shape index (κ3) is 4.69. The summed E-state index contributed by atoms with van der Waals surface area (Å²) >= 11 is 0. The molecular formula is C27H40N8O. The first-order valence-corrected chi connectivity index (χ1v) is 13.1. The van der Waals surface area contributed by atoms with E-state index >= 15 is 0 Å². The number of aliphatic hydroxyl groups excluding tert-OH is 1. The summed E-state index contributed by atoms with van der Waals surface area (Å²) in [6.07, 6.45) is 3.86. The number of pyridine rings is 1. The van der Waals surface area contributed by atoms with Crippen LogP contribution in [0.3, 0.4) is 0 Å². The summed E-state index contributed by atoms with van der Waals surface area (Å²) < 4.78 is 1.94. The summed E-state index contributed by atoms with van der Waals surface area (Å²) in [6, 6.07) is 4.06. The Bertz CT molecular complexity index is 1180. The Morgan fingerprint density at radius 1 is 1.08 bits per heavy atom. The molecule has 1 aliphatic heterocycles. The highest BCUT2D eigenvalue weighted by Crippen LogP contribution is 2.46. The van der Waals surface area contributed by atoms with Gasteiger partial charge >= 0.3 is 0 Å². The molecule has 3 aromatic rings. The van der Waals surface area contributed by atoms with Crippen LogP contribution in [0.4, 0.5) is 17.5 Å². The summed E-state index contributed by atoms with van der Waals surface area (Å²) in [4.78, 5) is 16.4. The van der Waals surface area contributed by atoms with E-state index in [0.717, 1.165) is 60.1 Å². The third-order valence-corrected chi connectivity index (χ3v) is 7.23. The van der Waals surface area contributed by atoms with Gasteiger partial charge in [-0.2, -0.15) is 5.10 Å². The highest BCUT2D eigenvalue weighted by Gasteiger charge is 2.44. The van der Waals surface area contributed by atoms with Crippen LogP contribution in [-0.2, 0) is 18.9 Å². The van der Waals surface area contributed by atoms with Gasteiger partial charge < -0.3 is 20.6 Å². The molecule has 0 aromatic carbocycles. The molecule has 0 amide bonds. The molecule has 0 saturated carbocycles. The van der Waals surface area contributed by atoms with E-state index in [-0.39, 0.29) is 5.92 Å². The summed E-state index contributed by atoms with van der Waals surface area (Å²) in [7, 11) is 1.97. The van der Waals surface area contributed by atoms with Crippen LogP contribution < -0.4 is 15.5 Å². The van der Waals surface area contributed by atoms with Crippen LogP contribution in [0.5, 0.6) is 0 Å². The van der Waals surface area contributed by atoms with Gasteiger partial charge in [0.15, 0.2) is 0 Å². The van der Waals surface area contributed by atoms with Crippen molar-refractivity contribution in [3.8, 4) is 11.3 Å². The molecule has 5 rings (SSSR count). The lowest BCUT2D eigenvalue weighted by atomic mass is 9.70. The van der Waals surface area contributed by atoms with Gasteiger partial charge in [-0.1, -0.05) is 34.6 Å². The number of anilines is 3. The molecule has 0 radical (unpaired) electrons. The van der Waals surface area contributed by atoms with Crippen LogP contribution in [0.2, 0.25) is 0 Å². The highest BCUT2D eigenvalue weighted by atomic mass is 16.3. The fraction of sp³-hybridized carbons (Fsp3) is 0.556. The van der Waals surface area contributed by atoms with E-state index in [1.54, 1.807) is 0 Å². The third-order valence-electron chi connectivity index (χ3n) is 7.23. The Morgan fingerprint density at radius 3 is 2.42 bits per heavy atom. The van der Waals surface area contributed by atoms with Gasteiger partial charge in [0.05, 0.1) is 35.1 Å². The Hall–Kier alpha value is -3.04. The van der Waals surface area contributed by atoms with Crippen molar-refractivity contribution in [1.29, 1.82) is 0 Å². The van der Waals surface area contributed by atoms with Gasteiger partial charge in [0.25, 0.3) is 0 Å². The molecule has 1 fully saturated rings. The number of hydrogen-bond donors (Lipinski definition) is 3. The maximum atomic E-state index is 10.7. The molecule has 9 nitrogen and oxygen atoms in total. The van der Waals surface area contributed by atoms with Crippen LogP contribution >= 0.6 is 0 Å². The lowest BCUT2D eigenvalue weighted by Gasteiger charge is -2.36. The second-order valence-corrected chi connectivity index (χ2v) is 9.99. The van der Waals surface area contributed by atoms with Gasteiger partial charge in [0.1, 0.15) is 5.82 Å². The number of hydrogen-bond acceptors (Lipinski definition) is 8. The van der Waals surface area contributed by atoms with Crippen LogP contribution in [-0.4, -0.2) is 62.1 Å². The zero-order valence-electron chi connectivity index (χ0n) is 22.6. The van der Waals surface area contributed by atoms with E-state index in [1.807, 2.05) is 51.0 Å². The number of rotatable bonds is 5. The standard InChI is InChI=1S/C25H34N8O.C2H6/c1-15(2)22-20-21-17(12-25(4,16(3)34)23(20)31-32(22)5)13-28-24(30-21)29-19-7-6-18(14-27-19)33-10-8-26-9-11-33;1-2/h6-7,13-16,26,34H,8-12H2,1-5H3,(H,27,28,29,30);1-2H3. The number of aliphatic hydroxyl groups is 1. The molecule has 194 valence electrons. The molecule has 0 bridgehead atoms. The van der Waals surface area contributed by atoms with Crippen molar-refractivity contribution in [2.75, 3.05) is 36.4 Å². The SMILES string of the molecule is CC.CC(C)c1c2c(nn1C)C(C)(C(C)O)Cc1cnc(Nc3ccc(N4CCNCC4)cn3)nc1-2. The van der Waals surface area contributed by atoms with E-state index in [1.165, 1.54) is 0 Å². The van der Waals surface area contributed by atoms with Crippen molar-refractivity contribution in [3.05, 3.63) is 41.5 Å². The van der Waals surface area contributed by atoms with Crippen LogP contribution in [0.1, 0.15) is 64.4 Å². The maximum absolute atomic E-state index is 10.7. The average molecular weight is 493 g/mol. The highest BCUT2D eigenvalue weighted by molar-refractivity contribution is 5.74. The van der Waals surface area contributed by atoms with Crippen molar-refractivity contribution in [2.24, 2.45) is 7.05 Å². The lowest BCUT2D eigenvalue weighted by Crippen LogP contribution is -2.43. The van der Waals surface area contributed by atoms with Gasteiger partial charge in [-0.15, -0.1) is 0 Å². The van der Waals surface area contributed by atoms with E-state index in [2.05, 4.69) is 52.3 Å². The molecule has 36 heavy (non-hydrogen) atoms. The largest absolute Gasteiger partial charge is 0.392 e. The molecule has 1 saturated heterocycles. The molecule has 0 spiro atoms. The van der Waals surface area contributed by atoms with Crippen molar-refractivity contribution < 1.29 is 5.11 Å². The molecule has 2 aliphatic rings. The molecular weight excluding hydrogens is 452 g/mol. The number of fused-ring (bicyclic) bond motifs is 3. The van der Waals surface area contributed by atoms with Crippen molar-refractivity contribution in [2.45, 2.75) is 65.4 Å². The molecule has 2 atom stereocenters. The second kappa shape index (κ2) is 10.5. The molecule has 1 aliphatic carbocycles.